The molecule has 1 rings (SSSR count). The van der Waals surface area contributed by atoms with Crippen LogP contribution in [0.15, 0.2) is 24.3 Å². The first-order valence-electron chi connectivity index (χ1n) is 8.11. The number of benzene rings is 1. The number of rotatable bonds is 9. The molecule has 0 fully saturated rings. The van der Waals surface area contributed by atoms with Crippen molar-refractivity contribution in [3.05, 3.63) is 29.8 Å². The Hall–Kier alpha value is -1.10. The minimum Gasteiger partial charge on any atom is -0.496 e. The van der Waals surface area contributed by atoms with Crippen LogP contribution in [0.25, 0.3) is 0 Å². The van der Waals surface area contributed by atoms with E-state index in [-0.39, 0.29) is 18.2 Å². The van der Waals surface area contributed by atoms with E-state index in [0.717, 1.165) is 25.4 Å². The van der Waals surface area contributed by atoms with Gasteiger partial charge in [-0.2, -0.15) is 0 Å². The van der Waals surface area contributed by atoms with Crippen LogP contribution in [0, 0.1) is 0 Å². The molecule has 4 heteroatoms. The minimum atomic E-state index is -0.163. The van der Waals surface area contributed by atoms with Crippen LogP contribution < -0.4 is 4.74 Å². The molecule has 0 radical (unpaired) electrons. The van der Waals surface area contributed by atoms with E-state index in [0.29, 0.717) is 0 Å². The van der Waals surface area contributed by atoms with Crippen LogP contribution in [-0.4, -0.2) is 61.3 Å². The molecule has 1 aromatic carbocycles. The van der Waals surface area contributed by atoms with Crippen molar-refractivity contribution in [2.24, 2.45) is 0 Å². The molecule has 0 saturated carbocycles. The maximum atomic E-state index is 9.72. The Morgan fingerprint density at radius 3 is 2.32 bits per heavy atom. The largest absolute Gasteiger partial charge is 0.496 e. The molecule has 0 bridgehead atoms. The van der Waals surface area contributed by atoms with Gasteiger partial charge in [-0.1, -0.05) is 32.0 Å². The molecule has 0 aliphatic rings. The fourth-order valence-corrected chi connectivity index (χ4v) is 2.92. The Bertz CT molecular complexity index is 448. The lowest BCUT2D eigenvalue weighted by Gasteiger charge is -2.42. The van der Waals surface area contributed by atoms with Crippen molar-refractivity contribution in [2.45, 2.75) is 39.3 Å². The van der Waals surface area contributed by atoms with Gasteiger partial charge in [-0.05, 0) is 40.1 Å². The first-order chi connectivity index (χ1) is 10.4. The molecule has 1 N–H and O–H groups in total. The SMILES string of the molecule is CCN(C)[C@@H](CO)CN(CC)C(C)(C)c1ccccc1OC. The molecule has 0 unspecified atom stereocenters. The average Bonchev–Trinajstić information content (AvgIpc) is 2.54. The van der Waals surface area contributed by atoms with Crippen molar-refractivity contribution in [1.82, 2.24) is 9.80 Å². The van der Waals surface area contributed by atoms with Gasteiger partial charge in [-0.3, -0.25) is 4.90 Å². The Labute approximate surface area is 135 Å². The second kappa shape index (κ2) is 8.51. The van der Waals surface area contributed by atoms with Gasteiger partial charge < -0.3 is 14.7 Å². The number of para-hydroxylation sites is 1. The van der Waals surface area contributed by atoms with Crippen molar-refractivity contribution in [3.63, 3.8) is 0 Å². The normalized spacial score (nSPS) is 13.7. The highest BCUT2D eigenvalue weighted by atomic mass is 16.5. The molecule has 1 atom stereocenters. The van der Waals surface area contributed by atoms with Crippen LogP contribution >= 0.6 is 0 Å². The first-order valence-corrected chi connectivity index (χ1v) is 8.11. The Kier molecular flexibility index (Phi) is 7.33. The van der Waals surface area contributed by atoms with Crippen LogP contribution in [0.5, 0.6) is 5.75 Å². The van der Waals surface area contributed by atoms with Crippen molar-refractivity contribution in [3.8, 4) is 5.75 Å². The summed E-state index contributed by atoms with van der Waals surface area (Å²) in [5, 5.41) is 9.72. The van der Waals surface area contributed by atoms with Crippen LogP contribution in [0.3, 0.4) is 0 Å². The zero-order valence-electron chi connectivity index (χ0n) is 15.0. The van der Waals surface area contributed by atoms with Gasteiger partial charge in [0.15, 0.2) is 0 Å². The van der Waals surface area contributed by atoms with Gasteiger partial charge >= 0.3 is 0 Å². The molecule has 0 aliphatic heterocycles. The Morgan fingerprint density at radius 1 is 1.18 bits per heavy atom. The number of aliphatic hydroxyl groups excluding tert-OH is 1. The van der Waals surface area contributed by atoms with E-state index in [4.69, 9.17) is 4.74 Å². The van der Waals surface area contributed by atoms with Crippen molar-refractivity contribution in [2.75, 3.05) is 40.4 Å². The number of methoxy groups -OCH3 is 1. The molecule has 0 amide bonds. The summed E-state index contributed by atoms with van der Waals surface area (Å²) in [6.45, 7) is 11.5. The van der Waals surface area contributed by atoms with Gasteiger partial charge in [-0.25, -0.2) is 0 Å². The van der Waals surface area contributed by atoms with Gasteiger partial charge in [-0.15, -0.1) is 0 Å². The van der Waals surface area contributed by atoms with E-state index in [1.54, 1.807) is 7.11 Å². The van der Waals surface area contributed by atoms with Gasteiger partial charge in [0, 0.05) is 23.7 Å². The molecule has 1 aromatic rings. The molecule has 0 aromatic heterocycles. The zero-order valence-corrected chi connectivity index (χ0v) is 15.0. The second-order valence-electron chi connectivity index (χ2n) is 6.21. The topological polar surface area (TPSA) is 35.9 Å². The third-order valence-electron chi connectivity index (χ3n) is 4.70. The smallest absolute Gasteiger partial charge is 0.123 e. The minimum absolute atomic E-state index is 0.138. The lowest BCUT2D eigenvalue weighted by molar-refractivity contribution is 0.0564. The third-order valence-corrected chi connectivity index (χ3v) is 4.70. The summed E-state index contributed by atoms with van der Waals surface area (Å²) in [6, 6.07) is 8.32. The quantitative estimate of drug-likeness (QED) is 0.760. The van der Waals surface area contributed by atoms with Crippen LogP contribution in [-0.2, 0) is 5.54 Å². The number of nitrogens with zero attached hydrogens (tertiary/aromatic N) is 2. The Morgan fingerprint density at radius 2 is 1.82 bits per heavy atom. The summed E-state index contributed by atoms with van der Waals surface area (Å²) in [7, 11) is 3.78. The van der Waals surface area contributed by atoms with E-state index >= 15 is 0 Å². The number of aliphatic hydroxyl groups is 1. The molecule has 126 valence electrons. The lowest BCUT2D eigenvalue weighted by Crippen LogP contribution is -2.50. The highest BCUT2D eigenvalue weighted by Gasteiger charge is 2.32. The maximum absolute atomic E-state index is 9.72. The molecule has 4 nitrogen and oxygen atoms in total. The standard InChI is InChI=1S/C18H32N2O2/c1-7-19(5)15(14-21)13-20(8-2)18(3,4)16-11-9-10-12-17(16)22-6/h9-12,15,21H,7-8,13-14H2,1-6H3/t15-/m1/s1. The second-order valence-corrected chi connectivity index (χ2v) is 6.21. The number of hydrogen-bond acceptors (Lipinski definition) is 4. The zero-order chi connectivity index (χ0) is 16.8. The van der Waals surface area contributed by atoms with Gasteiger partial charge in [0.05, 0.1) is 13.7 Å². The van der Waals surface area contributed by atoms with Crippen LogP contribution in [0.1, 0.15) is 33.3 Å². The van der Waals surface area contributed by atoms with Crippen molar-refractivity contribution < 1.29 is 9.84 Å². The molecular weight excluding hydrogens is 276 g/mol. The lowest BCUT2D eigenvalue weighted by atomic mass is 9.90. The average molecular weight is 308 g/mol. The van der Waals surface area contributed by atoms with Gasteiger partial charge in [0.1, 0.15) is 5.75 Å². The molecule has 0 saturated heterocycles. The van der Waals surface area contributed by atoms with Gasteiger partial charge in [0.2, 0.25) is 0 Å². The summed E-state index contributed by atoms with van der Waals surface area (Å²) >= 11 is 0. The summed E-state index contributed by atoms with van der Waals surface area (Å²) in [4.78, 5) is 4.60. The van der Waals surface area contributed by atoms with Crippen LogP contribution in [0.4, 0.5) is 0 Å². The van der Waals surface area contributed by atoms with Crippen molar-refractivity contribution in [1.29, 1.82) is 0 Å². The summed E-state index contributed by atoms with van der Waals surface area (Å²) in [5.41, 5.74) is 1.01. The predicted octanol–water partition coefficient (Wildman–Crippen LogP) is 2.56. The maximum Gasteiger partial charge on any atom is 0.123 e. The van der Waals surface area contributed by atoms with Crippen molar-refractivity contribution >= 4 is 0 Å². The van der Waals surface area contributed by atoms with E-state index in [2.05, 4.69) is 56.7 Å². The van der Waals surface area contributed by atoms with Crippen LogP contribution in [0.2, 0.25) is 0 Å². The highest BCUT2D eigenvalue weighted by Crippen LogP contribution is 2.34. The van der Waals surface area contributed by atoms with E-state index < -0.39 is 0 Å². The summed E-state index contributed by atoms with van der Waals surface area (Å²) in [6.07, 6.45) is 0. The third kappa shape index (κ3) is 4.22. The van der Waals surface area contributed by atoms with E-state index in [1.165, 1.54) is 5.56 Å². The number of likely N-dealkylation sites (N-methyl/N-ethyl adjacent to an activating group) is 2. The molecular formula is C18H32N2O2. The first kappa shape index (κ1) is 18.9. The Balaban J connectivity index is 3.05. The van der Waals surface area contributed by atoms with E-state index in [9.17, 15) is 5.11 Å². The number of hydrogen-bond donors (Lipinski definition) is 1. The molecule has 0 spiro atoms. The highest BCUT2D eigenvalue weighted by molar-refractivity contribution is 5.38. The fourth-order valence-electron chi connectivity index (χ4n) is 2.92. The van der Waals surface area contributed by atoms with E-state index in [1.807, 2.05) is 12.1 Å². The molecule has 0 heterocycles. The molecule has 22 heavy (non-hydrogen) atoms. The summed E-state index contributed by atoms with van der Waals surface area (Å²) in [5.74, 6) is 0.912. The predicted molar refractivity (Wildman–Crippen MR) is 92.4 cm³/mol. The summed E-state index contributed by atoms with van der Waals surface area (Å²) < 4.78 is 5.54. The number of ether oxygens (including phenoxy) is 1. The van der Waals surface area contributed by atoms with Gasteiger partial charge in [0.25, 0.3) is 0 Å². The molecule has 0 aliphatic carbocycles. The fraction of sp³-hybridized carbons (Fsp3) is 0.667. The monoisotopic (exact) mass is 308 g/mol.